The molecule has 0 amide bonds. The Morgan fingerprint density at radius 3 is 2.66 bits per heavy atom. The van der Waals surface area contributed by atoms with Crippen LogP contribution in [0.2, 0.25) is 10.0 Å². The third-order valence-corrected chi connectivity index (χ3v) is 5.40. The second kappa shape index (κ2) is 11.3. The van der Waals surface area contributed by atoms with Gasteiger partial charge in [-0.1, -0.05) is 42.3 Å². The van der Waals surface area contributed by atoms with Gasteiger partial charge in [0.15, 0.2) is 0 Å². The molecule has 8 heteroatoms. The normalized spacial score (nSPS) is 18.2. The van der Waals surface area contributed by atoms with Gasteiger partial charge in [-0.05, 0) is 36.2 Å². The number of nitrogens with zero attached hydrogens (tertiary/aromatic N) is 1. The number of benzene rings is 2. The van der Waals surface area contributed by atoms with Crippen molar-refractivity contribution in [2.75, 3.05) is 32.8 Å². The third-order valence-electron chi connectivity index (χ3n) is 4.78. The van der Waals surface area contributed by atoms with Crippen molar-refractivity contribution < 1.29 is 19.0 Å². The standard InChI is InChI=1S/C21H24Cl2FNO3.ClH/c1-2-14-3-5-16(6-4-14)28-13-15(26)11-25-7-8-27-21(12-25)17-9-20(24)19(23)10-18(17)22;/h3-6,9-10,15,21,26H,2,7-8,11-13H2,1H3;1H. The summed E-state index contributed by atoms with van der Waals surface area (Å²) in [5, 5.41) is 10.7. The number of hydrogen-bond acceptors (Lipinski definition) is 4. The second-order valence-electron chi connectivity index (χ2n) is 6.87. The van der Waals surface area contributed by atoms with E-state index in [0.717, 1.165) is 12.2 Å². The first kappa shape index (κ1) is 24.2. The molecule has 2 atom stereocenters. The summed E-state index contributed by atoms with van der Waals surface area (Å²) in [5.41, 5.74) is 1.81. The molecule has 160 valence electrons. The number of β-amino-alcohol motifs (C(OH)–C–C–N with tert-alkyl or cyclic N) is 1. The van der Waals surface area contributed by atoms with Crippen LogP contribution >= 0.6 is 35.6 Å². The summed E-state index contributed by atoms with van der Waals surface area (Å²) < 4.78 is 25.2. The lowest BCUT2D eigenvalue weighted by Gasteiger charge is -2.34. The fourth-order valence-corrected chi connectivity index (χ4v) is 3.71. The summed E-state index contributed by atoms with van der Waals surface area (Å²) in [6.07, 6.45) is -0.0485. The van der Waals surface area contributed by atoms with Crippen LogP contribution in [0.15, 0.2) is 36.4 Å². The van der Waals surface area contributed by atoms with Gasteiger partial charge in [0.25, 0.3) is 0 Å². The van der Waals surface area contributed by atoms with Gasteiger partial charge < -0.3 is 14.6 Å². The molecule has 1 fully saturated rings. The maximum absolute atomic E-state index is 13.8. The molecule has 0 radical (unpaired) electrons. The minimum Gasteiger partial charge on any atom is -0.491 e. The Kier molecular flexibility index (Phi) is 9.47. The minimum atomic E-state index is -0.651. The van der Waals surface area contributed by atoms with Gasteiger partial charge in [-0.25, -0.2) is 4.39 Å². The first-order valence-electron chi connectivity index (χ1n) is 9.34. The van der Waals surface area contributed by atoms with Crippen LogP contribution in [0.5, 0.6) is 5.75 Å². The van der Waals surface area contributed by atoms with Crippen molar-refractivity contribution in [1.82, 2.24) is 4.90 Å². The number of hydrogen-bond donors (Lipinski definition) is 1. The average Bonchev–Trinajstić information content (AvgIpc) is 2.70. The SMILES string of the molecule is CCc1ccc(OCC(O)CN2CCOC(c3cc(F)c(Cl)cc3Cl)C2)cc1.Cl. The number of aliphatic hydroxyl groups excluding tert-OH is 1. The van der Waals surface area contributed by atoms with Crippen molar-refractivity contribution in [1.29, 1.82) is 0 Å². The molecule has 0 aromatic heterocycles. The Bertz CT molecular complexity index is 791. The van der Waals surface area contributed by atoms with Gasteiger partial charge in [0.2, 0.25) is 0 Å². The molecule has 1 aliphatic heterocycles. The smallest absolute Gasteiger partial charge is 0.142 e. The number of ether oxygens (including phenoxy) is 2. The summed E-state index contributed by atoms with van der Waals surface area (Å²) in [6, 6.07) is 10.6. The number of morpholine rings is 1. The van der Waals surface area contributed by atoms with E-state index in [1.807, 2.05) is 24.3 Å². The first-order chi connectivity index (χ1) is 13.5. The number of halogens is 4. The lowest BCUT2D eigenvalue weighted by atomic mass is 10.1. The van der Waals surface area contributed by atoms with Crippen LogP contribution in [-0.2, 0) is 11.2 Å². The van der Waals surface area contributed by atoms with Gasteiger partial charge in [0.1, 0.15) is 24.3 Å². The molecule has 0 bridgehead atoms. The number of aliphatic hydroxyl groups is 1. The lowest BCUT2D eigenvalue weighted by molar-refractivity contribution is -0.0460. The number of aryl methyl sites for hydroxylation is 1. The van der Waals surface area contributed by atoms with E-state index in [9.17, 15) is 9.50 Å². The van der Waals surface area contributed by atoms with Gasteiger partial charge in [-0.3, -0.25) is 4.90 Å². The van der Waals surface area contributed by atoms with E-state index in [-0.39, 0.29) is 30.1 Å². The van der Waals surface area contributed by atoms with Crippen molar-refractivity contribution in [2.45, 2.75) is 25.6 Å². The molecular weight excluding hydrogens is 440 g/mol. The maximum atomic E-state index is 13.8. The highest BCUT2D eigenvalue weighted by atomic mass is 35.5. The van der Waals surface area contributed by atoms with E-state index < -0.39 is 11.9 Å². The van der Waals surface area contributed by atoms with Crippen LogP contribution in [-0.4, -0.2) is 49.0 Å². The van der Waals surface area contributed by atoms with E-state index in [1.165, 1.54) is 17.7 Å². The molecule has 0 saturated carbocycles. The zero-order valence-corrected chi connectivity index (χ0v) is 18.4. The van der Waals surface area contributed by atoms with E-state index in [4.69, 9.17) is 32.7 Å². The Labute approximate surface area is 186 Å². The quantitative estimate of drug-likeness (QED) is 0.590. The molecule has 1 heterocycles. The van der Waals surface area contributed by atoms with Crippen LogP contribution < -0.4 is 4.74 Å². The van der Waals surface area contributed by atoms with Crippen molar-refractivity contribution in [2.24, 2.45) is 0 Å². The lowest BCUT2D eigenvalue weighted by Crippen LogP contribution is -2.43. The van der Waals surface area contributed by atoms with Crippen LogP contribution in [0.1, 0.15) is 24.2 Å². The summed E-state index contributed by atoms with van der Waals surface area (Å²) >= 11 is 12.0. The summed E-state index contributed by atoms with van der Waals surface area (Å²) in [6.45, 7) is 4.37. The minimum absolute atomic E-state index is 0. The second-order valence-corrected chi connectivity index (χ2v) is 7.68. The summed E-state index contributed by atoms with van der Waals surface area (Å²) in [7, 11) is 0. The summed E-state index contributed by atoms with van der Waals surface area (Å²) in [5.74, 6) is 0.212. The van der Waals surface area contributed by atoms with Gasteiger partial charge >= 0.3 is 0 Å². The highest BCUT2D eigenvalue weighted by Crippen LogP contribution is 2.32. The molecule has 2 aromatic carbocycles. The maximum Gasteiger partial charge on any atom is 0.142 e. The Morgan fingerprint density at radius 2 is 1.97 bits per heavy atom. The topological polar surface area (TPSA) is 41.9 Å². The van der Waals surface area contributed by atoms with Crippen LogP contribution in [0.3, 0.4) is 0 Å². The third kappa shape index (κ3) is 6.71. The van der Waals surface area contributed by atoms with Crippen molar-refractivity contribution in [3.63, 3.8) is 0 Å². The van der Waals surface area contributed by atoms with Gasteiger partial charge in [-0.15, -0.1) is 12.4 Å². The Balaban J connectivity index is 0.00000300. The molecule has 2 unspecified atom stereocenters. The molecule has 0 aliphatic carbocycles. The van der Waals surface area contributed by atoms with Crippen LogP contribution in [0.4, 0.5) is 4.39 Å². The van der Waals surface area contributed by atoms with E-state index in [1.54, 1.807) is 0 Å². The number of rotatable bonds is 7. The van der Waals surface area contributed by atoms with Crippen molar-refractivity contribution >= 4 is 35.6 Å². The molecule has 0 spiro atoms. The molecule has 1 saturated heterocycles. The molecule has 29 heavy (non-hydrogen) atoms. The van der Waals surface area contributed by atoms with Crippen LogP contribution in [0.25, 0.3) is 0 Å². The highest BCUT2D eigenvalue weighted by Gasteiger charge is 2.26. The Morgan fingerprint density at radius 1 is 1.24 bits per heavy atom. The fraction of sp³-hybridized carbons (Fsp3) is 0.429. The zero-order chi connectivity index (χ0) is 20.1. The fourth-order valence-electron chi connectivity index (χ4n) is 3.21. The van der Waals surface area contributed by atoms with E-state index in [0.29, 0.717) is 36.8 Å². The molecule has 1 N–H and O–H groups in total. The molecule has 3 rings (SSSR count). The van der Waals surface area contributed by atoms with E-state index in [2.05, 4.69) is 11.8 Å². The van der Waals surface area contributed by atoms with Gasteiger partial charge in [-0.2, -0.15) is 0 Å². The molecule has 1 aliphatic rings. The van der Waals surface area contributed by atoms with Crippen molar-refractivity contribution in [3.8, 4) is 5.75 Å². The predicted molar refractivity (Wildman–Crippen MR) is 116 cm³/mol. The molecular formula is C21H25Cl3FNO3. The van der Waals surface area contributed by atoms with Crippen molar-refractivity contribution in [3.05, 3.63) is 63.4 Å². The van der Waals surface area contributed by atoms with Crippen LogP contribution in [0, 0.1) is 5.82 Å². The zero-order valence-electron chi connectivity index (χ0n) is 16.1. The predicted octanol–water partition coefficient (Wildman–Crippen LogP) is 4.93. The molecule has 4 nitrogen and oxygen atoms in total. The van der Waals surface area contributed by atoms with Gasteiger partial charge in [0.05, 0.1) is 17.7 Å². The largest absolute Gasteiger partial charge is 0.491 e. The van der Waals surface area contributed by atoms with Gasteiger partial charge in [0, 0.05) is 30.2 Å². The Hall–Kier alpha value is -1.08. The summed E-state index contributed by atoms with van der Waals surface area (Å²) in [4.78, 5) is 2.06. The monoisotopic (exact) mass is 463 g/mol. The molecule has 2 aromatic rings. The highest BCUT2D eigenvalue weighted by molar-refractivity contribution is 6.35. The first-order valence-corrected chi connectivity index (χ1v) is 10.1. The average molecular weight is 465 g/mol. The van der Waals surface area contributed by atoms with E-state index >= 15 is 0 Å².